The van der Waals surface area contributed by atoms with Gasteiger partial charge in [-0.1, -0.05) is 12.1 Å². The van der Waals surface area contributed by atoms with Gasteiger partial charge in [-0.25, -0.2) is 0 Å². The number of hydrogen-bond donors (Lipinski definition) is 2. The Kier molecular flexibility index (Phi) is 4.58. The summed E-state index contributed by atoms with van der Waals surface area (Å²) in [5.74, 6) is 0.891. The fraction of sp³-hybridized carbons (Fsp3) is 0.400. The van der Waals surface area contributed by atoms with E-state index >= 15 is 0 Å². The van der Waals surface area contributed by atoms with Crippen LogP contribution in [-0.2, 0) is 11.2 Å². The molecule has 1 aliphatic rings. The lowest BCUT2D eigenvalue weighted by molar-refractivity contribution is -0.117. The average Bonchev–Trinajstić information content (AvgIpc) is 2.36. The van der Waals surface area contributed by atoms with E-state index in [1.165, 1.54) is 5.57 Å². The van der Waals surface area contributed by atoms with Gasteiger partial charge in [0.2, 0.25) is 5.91 Å². The summed E-state index contributed by atoms with van der Waals surface area (Å²) in [6.07, 6.45) is 0.809. The lowest BCUT2D eigenvalue weighted by Gasteiger charge is -2.21. The van der Waals surface area contributed by atoms with Crippen LogP contribution in [-0.4, -0.2) is 32.7 Å². The maximum absolute atomic E-state index is 11.9. The molecule has 2 N–H and O–H groups in total. The second kappa shape index (κ2) is 6.38. The van der Waals surface area contributed by atoms with Crippen LogP contribution in [0, 0.1) is 0 Å². The molecule has 1 fully saturated rings. The lowest BCUT2D eigenvalue weighted by atomic mass is 10.0. The van der Waals surface area contributed by atoms with E-state index < -0.39 is 0 Å². The Morgan fingerprint density at radius 3 is 2.84 bits per heavy atom. The van der Waals surface area contributed by atoms with Crippen molar-refractivity contribution < 1.29 is 9.53 Å². The molecule has 0 atom stereocenters. The third-order valence-electron chi connectivity index (χ3n) is 3.38. The number of amides is 1. The van der Waals surface area contributed by atoms with Crippen molar-refractivity contribution in [3.63, 3.8) is 0 Å². The summed E-state index contributed by atoms with van der Waals surface area (Å²) >= 11 is 0. The van der Waals surface area contributed by atoms with Gasteiger partial charge in [-0.2, -0.15) is 0 Å². The first-order valence-electron chi connectivity index (χ1n) is 6.51. The first kappa shape index (κ1) is 13.6. The van der Waals surface area contributed by atoms with Crippen molar-refractivity contribution in [1.29, 1.82) is 0 Å². The van der Waals surface area contributed by atoms with E-state index in [9.17, 15) is 4.79 Å². The highest BCUT2D eigenvalue weighted by molar-refractivity contribution is 5.93. The largest absolute Gasteiger partial charge is 0.497 e. The Hall–Kier alpha value is -1.81. The fourth-order valence-electron chi connectivity index (χ4n) is 1.96. The van der Waals surface area contributed by atoms with Crippen LogP contribution >= 0.6 is 0 Å². The summed E-state index contributed by atoms with van der Waals surface area (Å²) in [5, 5.41) is 6.09. The highest BCUT2D eigenvalue weighted by Gasteiger charge is 2.15. The van der Waals surface area contributed by atoms with Crippen LogP contribution < -0.4 is 15.4 Å². The minimum absolute atomic E-state index is 0.0411. The molecule has 1 heterocycles. The van der Waals surface area contributed by atoms with Crippen LogP contribution in [0.25, 0.3) is 0 Å². The quantitative estimate of drug-likeness (QED) is 0.784. The number of carbonyl (C=O) groups excluding carboxylic acids is 1. The molecule has 1 aromatic carbocycles. The maximum atomic E-state index is 11.9. The Balaban J connectivity index is 1.81. The summed E-state index contributed by atoms with van der Waals surface area (Å²) in [6.45, 7) is 4.21. The van der Waals surface area contributed by atoms with Crippen molar-refractivity contribution in [2.45, 2.75) is 13.3 Å². The number of carbonyl (C=O) groups is 1. The minimum Gasteiger partial charge on any atom is -0.497 e. The molecule has 0 radical (unpaired) electrons. The highest BCUT2D eigenvalue weighted by Crippen LogP contribution is 2.13. The molecule has 0 bridgehead atoms. The molecule has 1 saturated heterocycles. The molecule has 4 nitrogen and oxygen atoms in total. The van der Waals surface area contributed by atoms with E-state index in [-0.39, 0.29) is 5.91 Å². The van der Waals surface area contributed by atoms with Gasteiger partial charge in [0.1, 0.15) is 5.75 Å². The van der Waals surface area contributed by atoms with Crippen LogP contribution in [0.4, 0.5) is 0 Å². The normalized spacial score (nSPS) is 13.7. The summed E-state index contributed by atoms with van der Waals surface area (Å²) in [7, 11) is 1.66. The topological polar surface area (TPSA) is 50.4 Å². The molecule has 0 spiro atoms. The molecule has 0 aromatic heterocycles. The van der Waals surface area contributed by atoms with Gasteiger partial charge in [0, 0.05) is 25.2 Å². The number of nitrogens with one attached hydrogen (secondary N) is 2. The minimum atomic E-state index is 0.0411. The molecule has 102 valence electrons. The predicted molar refractivity (Wildman–Crippen MR) is 75.3 cm³/mol. The molecule has 19 heavy (non-hydrogen) atoms. The molecule has 2 rings (SSSR count). The van der Waals surface area contributed by atoms with Gasteiger partial charge in [-0.15, -0.1) is 0 Å². The number of rotatable bonds is 5. The molecule has 0 saturated carbocycles. The molecule has 0 aliphatic carbocycles. The molecule has 4 heteroatoms. The Morgan fingerprint density at radius 1 is 1.42 bits per heavy atom. The molecule has 1 aromatic rings. The van der Waals surface area contributed by atoms with E-state index in [0.717, 1.165) is 36.4 Å². The molecule has 1 amide bonds. The van der Waals surface area contributed by atoms with Crippen LogP contribution in [0.5, 0.6) is 5.75 Å². The Morgan fingerprint density at radius 2 is 2.21 bits per heavy atom. The van der Waals surface area contributed by atoms with Gasteiger partial charge in [0.25, 0.3) is 0 Å². The zero-order chi connectivity index (χ0) is 13.7. The molecular weight excluding hydrogens is 240 g/mol. The number of methoxy groups -OCH3 is 1. The number of ether oxygens (including phenoxy) is 1. The summed E-state index contributed by atoms with van der Waals surface area (Å²) < 4.78 is 5.17. The first-order chi connectivity index (χ1) is 9.20. The van der Waals surface area contributed by atoms with Crippen molar-refractivity contribution in [3.05, 3.63) is 41.0 Å². The van der Waals surface area contributed by atoms with Crippen molar-refractivity contribution >= 4 is 5.91 Å². The van der Waals surface area contributed by atoms with Crippen LogP contribution in [0.3, 0.4) is 0 Å². The molecule has 0 unspecified atom stereocenters. The van der Waals surface area contributed by atoms with Crippen molar-refractivity contribution in [3.8, 4) is 5.75 Å². The van der Waals surface area contributed by atoms with Crippen LogP contribution in [0.2, 0.25) is 0 Å². The third kappa shape index (κ3) is 3.58. The average molecular weight is 260 g/mol. The van der Waals surface area contributed by atoms with Gasteiger partial charge >= 0.3 is 0 Å². The third-order valence-corrected chi connectivity index (χ3v) is 3.38. The van der Waals surface area contributed by atoms with E-state index in [0.29, 0.717) is 6.54 Å². The molecule has 1 aliphatic heterocycles. The van der Waals surface area contributed by atoms with E-state index in [1.54, 1.807) is 7.11 Å². The Labute approximate surface area is 113 Å². The fourth-order valence-corrected chi connectivity index (χ4v) is 1.96. The van der Waals surface area contributed by atoms with Crippen molar-refractivity contribution in [1.82, 2.24) is 10.6 Å². The van der Waals surface area contributed by atoms with Gasteiger partial charge < -0.3 is 15.4 Å². The van der Waals surface area contributed by atoms with Gasteiger partial charge in [-0.3, -0.25) is 4.79 Å². The van der Waals surface area contributed by atoms with E-state index in [1.807, 2.05) is 31.2 Å². The number of hydrogen-bond acceptors (Lipinski definition) is 3. The lowest BCUT2D eigenvalue weighted by Crippen LogP contribution is -2.38. The van der Waals surface area contributed by atoms with Crippen LogP contribution in [0.15, 0.2) is 35.4 Å². The predicted octanol–water partition coefficient (Wildman–Crippen LogP) is 1.27. The highest BCUT2D eigenvalue weighted by atomic mass is 16.5. The van der Waals surface area contributed by atoms with E-state index in [2.05, 4.69) is 10.6 Å². The SMILES string of the molecule is COc1cccc(CCNC(=O)C(C)=C2CNC2)c1. The summed E-state index contributed by atoms with van der Waals surface area (Å²) in [4.78, 5) is 11.9. The molecular formula is C15H20N2O2. The zero-order valence-corrected chi connectivity index (χ0v) is 11.5. The van der Waals surface area contributed by atoms with Gasteiger partial charge in [-0.05, 0) is 36.6 Å². The maximum Gasteiger partial charge on any atom is 0.246 e. The smallest absolute Gasteiger partial charge is 0.246 e. The summed E-state index contributed by atoms with van der Waals surface area (Å²) in [5.41, 5.74) is 3.22. The van der Waals surface area contributed by atoms with Crippen molar-refractivity contribution in [2.24, 2.45) is 0 Å². The second-order valence-corrected chi connectivity index (χ2v) is 4.69. The van der Waals surface area contributed by atoms with Crippen molar-refractivity contribution in [2.75, 3.05) is 26.7 Å². The Bertz CT molecular complexity index is 489. The number of benzene rings is 1. The standard InChI is InChI=1S/C15H20N2O2/c1-11(13-9-16-10-13)15(18)17-7-6-12-4-3-5-14(8-12)19-2/h3-5,8,16H,6-7,9-10H2,1-2H3,(H,17,18). The van der Waals surface area contributed by atoms with Gasteiger partial charge in [0.15, 0.2) is 0 Å². The van der Waals surface area contributed by atoms with Crippen LogP contribution in [0.1, 0.15) is 12.5 Å². The zero-order valence-electron chi connectivity index (χ0n) is 11.5. The second-order valence-electron chi connectivity index (χ2n) is 4.69. The van der Waals surface area contributed by atoms with E-state index in [4.69, 9.17) is 4.74 Å². The van der Waals surface area contributed by atoms with Gasteiger partial charge in [0.05, 0.1) is 7.11 Å². The first-order valence-corrected chi connectivity index (χ1v) is 6.51. The monoisotopic (exact) mass is 260 g/mol. The summed E-state index contributed by atoms with van der Waals surface area (Å²) in [6, 6.07) is 7.91.